The van der Waals surface area contributed by atoms with E-state index >= 15 is 0 Å². The van der Waals surface area contributed by atoms with Gasteiger partial charge in [-0.3, -0.25) is 9.59 Å². The molecule has 0 fully saturated rings. The summed E-state index contributed by atoms with van der Waals surface area (Å²) in [6.07, 6.45) is 79.7. The Bertz CT molecular complexity index is 1340. The largest absolute Gasteiger partial charge is 0.462 e. The van der Waals surface area contributed by atoms with Gasteiger partial charge in [0.2, 0.25) is 0 Å². The van der Waals surface area contributed by atoms with E-state index in [2.05, 4.69) is 124 Å². The van der Waals surface area contributed by atoms with Crippen LogP contribution >= 0.6 is 0 Å². The second kappa shape index (κ2) is 57.9. The van der Waals surface area contributed by atoms with Crippen molar-refractivity contribution in [2.24, 2.45) is 0 Å². The van der Waals surface area contributed by atoms with Gasteiger partial charge in [-0.15, -0.1) is 0 Å². The number of unbranched alkanes of at least 4 members (excludes halogenated alkanes) is 22. The molecule has 1 unspecified atom stereocenters. The van der Waals surface area contributed by atoms with Gasteiger partial charge in [-0.05, 0) is 116 Å². The van der Waals surface area contributed by atoms with Gasteiger partial charge in [0, 0.05) is 19.4 Å². The first-order chi connectivity index (χ1) is 33.6. The minimum atomic E-state index is -0.583. The molecule has 388 valence electrons. The number of esters is 2. The van der Waals surface area contributed by atoms with Crippen molar-refractivity contribution in [1.29, 1.82) is 0 Å². The van der Waals surface area contributed by atoms with E-state index in [9.17, 15) is 9.59 Å². The quantitative estimate of drug-likeness (QED) is 0.0345. The van der Waals surface area contributed by atoms with Crippen molar-refractivity contribution in [1.82, 2.24) is 0 Å². The summed E-state index contributed by atoms with van der Waals surface area (Å²) in [5.41, 5.74) is 0. The van der Waals surface area contributed by atoms with E-state index < -0.39 is 6.10 Å². The van der Waals surface area contributed by atoms with Crippen molar-refractivity contribution < 1.29 is 23.8 Å². The van der Waals surface area contributed by atoms with Crippen LogP contribution in [-0.4, -0.2) is 37.9 Å². The molecule has 1 atom stereocenters. The number of rotatable bonds is 51. The van der Waals surface area contributed by atoms with Crippen LogP contribution < -0.4 is 0 Å². The van der Waals surface area contributed by atoms with Crippen LogP contribution in [0.5, 0.6) is 0 Å². The molecule has 0 aromatic carbocycles. The fraction of sp³-hybridized carbons (Fsp3) is 0.683. The van der Waals surface area contributed by atoms with Crippen LogP contribution in [0.25, 0.3) is 0 Å². The van der Waals surface area contributed by atoms with E-state index in [1.54, 1.807) is 0 Å². The third-order valence-corrected chi connectivity index (χ3v) is 11.8. The summed E-state index contributed by atoms with van der Waals surface area (Å²) < 4.78 is 17.4. The van der Waals surface area contributed by atoms with E-state index in [4.69, 9.17) is 14.2 Å². The number of hydrogen-bond donors (Lipinski definition) is 0. The maximum atomic E-state index is 12.8. The minimum absolute atomic E-state index is 0.0331. The normalized spacial score (nSPS) is 13.0. The Kier molecular flexibility index (Phi) is 54.9. The first-order valence-electron chi connectivity index (χ1n) is 28.4. The zero-order chi connectivity index (χ0) is 49.2. The Hall–Kier alpha value is -3.44. The lowest BCUT2D eigenvalue weighted by Gasteiger charge is -2.18. The fourth-order valence-corrected chi connectivity index (χ4v) is 7.56. The van der Waals surface area contributed by atoms with Gasteiger partial charge in [-0.25, -0.2) is 0 Å². The molecule has 0 heterocycles. The molecular weight excluding hydrogens is 837 g/mol. The molecule has 0 amide bonds. The SMILES string of the molecule is CC/C=C\C/C=C\C/C=C\C/C=C\C/C=C\C/C=C\CCC(=O)OCC(COCCCCCCCCCC/C=C\CCCCCCCC)OC(=O)CCCCCCC/C=C\C/C=C\CCCCC. The Balaban J connectivity index is 4.42. The Labute approximate surface area is 421 Å². The van der Waals surface area contributed by atoms with Gasteiger partial charge in [0.05, 0.1) is 6.61 Å². The number of carbonyl (C=O) groups is 2. The molecule has 0 aliphatic rings. The second-order valence-electron chi connectivity index (χ2n) is 18.4. The van der Waals surface area contributed by atoms with Gasteiger partial charge < -0.3 is 14.2 Å². The second-order valence-corrected chi connectivity index (χ2v) is 18.4. The summed E-state index contributed by atoms with van der Waals surface area (Å²) in [6, 6.07) is 0. The smallest absolute Gasteiger partial charge is 0.306 e. The summed E-state index contributed by atoms with van der Waals surface area (Å²) in [4.78, 5) is 25.5. The highest BCUT2D eigenvalue weighted by molar-refractivity contribution is 5.70. The van der Waals surface area contributed by atoms with Crippen molar-refractivity contribution >= 4 is 11.9 Å². The average Bonchev–Trinajstić information content (AvgIpc) is 3.34. The van der Waals surface area contributed by atoms with E-state index in [1.807, 2.05) is 6.08 Å². The standard InChI is InChI=1S/C63H106O5/c1-4-7-10-13-16-19-22-25-28-30-32-33-36-38-41-44-47-50-53-56-62(64)67-60-61(68-63(65)57-54-51-48-45-42-39-35-27-24-21-18-15-12-9-6-3)59-66-58-55-52-49-46-43-40-37-34-31-29-26-23-20-17-14-11-8-5-2/h7,10,16,18-19,21,25-29,32-33,35,38,41,47,50,61H,4-6,8-9,11-15,17,20,22-24,30-31,34,36-37,39-40,42-46,48-49,51-60H2,1-3H3/b10-7-,19-16-,21-18-,28-25-,29-26-,33-32-,35-27-,41-38-,50-47-. The van der Waals surface area contributed by atoms with Gasteiger partial charge in [-0.1, -0.05) is 233 Å². The average molecular weight is 944 g/mol. The van der Waals surface area contributed by atoms with E-state index in [0.29, 0.717) is 25.9 Å². The highest BCUT2D eigenvalue weighted by Gasteiger charge is 2.17. The van der Waals surface area contributed by atoms with Crippen LogP contribution in [0.15, 0.2) is 109 Å². The molecule has 0 aliphatic carbocycles. The van der Waals surface area contributed by atoms with Crippen LogP contribution in [0.4, 0.5) is 0 Å². The highest BCUT2D eigenvalue weighted by Crippen LogP contribution is 2.13. The molecule has 0 N–H and O–H groups in total. The molecule has 0 saturated carbocycles. The first-order valence-corrected chi connectivity index (χ1v) is 28.4. The van der Waals surface area contributed by atoms with Crippen molar-refractivity contribution in [2.75, 3.05) is 19.8 Å². The molecule has 0 aromatic heterocycles. The number of allylic oxidation sites excluding steroid dienone is 18. The zero-order valence-electron chi connectivity index (χ0n) is 44.6. The van der Waals surface area contributed by atoms with E-state index in [-0.39, 0.29) is 25.2 Å². The topological polar surface area (TPSA) is 61.8 Å². The Morgan fingerprint density at radius 1 is 0.338 bits per heavy atom. The first kappa shape index (κ1) is 64.6. The molecule has 0 aromatic rings. The molecule has 0 radical (unpaired) electrons. The van der Waals surface area contributed by atoms with Gasteiger partial charge in [0.25, 0.3) is 0 Å². The molecule has 0 bridgehead atoms. The summed E-state index contributed by atoms with van der Waals surface area (Å²) in [6.45, 7) is 7.59. The molecule has 0 rings (SSSR count). The van der Waals surface area contributed by atoms with Crippen LogP contribution in [0, 0.1) is 0 Å². The third-order valence-electron chi connectivity index (χ3n) is 11.8. The lowest BCUT2D eigenvalue weighted by atomic mass is 10.1. The van der Waals surface area contributed by atoms with Crippen molar-refractivity contribution in [2.45, 2.75) is 258 Å². The summed E-state index contributed by atoms with van der Waals surface area (Å²) in [7, 11) is 0. The fourth-order valence-electron chi connectivity index (χ4n) is 7.56. The number of carbonyl (C=O) groups excluding carboxylic acids is 2. The van der Waals surface area contributed by atoms with Crippen molar-refractivity contribution in [3.05, 3.63) is 109 Å². The maximum absolute atomic E-state index is 12.8. The van der Waals surface area contributed by atoms with Crippen LogP contribution in [0.1, 0.15) is 252 Å². The third kappa shape index (κ3) is 55.2. The van der Waals surface area contributed by atoms with Crippen LogP contribution in [-0.2, 0) is 23.8 Å². The van der Waals surface area contributed by atoms with Gasteiger partial charge >= 0.3 is 11.9 Å². The monoisotopic (exact) mass is 943 g/mol. The van der Waals surface area contributed by atoms with Gasteiger partial charge in [0.1, 0.15) is 6.61 Å². The molecule has 0 saturated heterocycles. The van der Waals surface area contributed by atoms with Gasteiger partial charge in [-0.2, -0.15) is 0 Å². The molecular formula is C63H106O5. The predicted octanol–water partition coefficient (Wildman–Crippen LogP) is 19.6. The minimum Gasteiger partial charge on any atom is -0.462 e. The number of ether oxygens (including phenoxy) is 3. The lowest BCUT2D eigenvalue weighted by molar-refractivity contribution is -0.162. The zero-order valence-corrected chi connectivity index (χ0v) is 44.6. The van der Waals surface area contributed by atoms with Crippen molar-refractivity contribution in [3.8, 4) is 0 Å². The Morgan fingerprint density at radius 2 is 0.691 bits per heavy atom. The number of hydrogen-bond acceptors (Lipinski definition) is 5. The maximum Gasteiger partial charge on any atom is 0.306 e. The van der Waals surface area contributed by atoms with Crippen LogP contribution in [0.2, 0.25) is 0 Å². The summed E-state index contributed by atoms with van der Waals surface area (Å²) in [5, 5.41) is 0. The van der Waals surface area contributed by atoms with Crippen LogP contribution in [0.3, 0.4) is 0 Å². The molecule has 0 aliphatic heterocycles. The van der Waals surface area contributed by atoms with Gasteiger partial charge in [0.15, 0.2) is 6.10 Å². The van der Waals surface area contributed by atoms with Crippen molar-refractivity contribution in [3.63, 3.8) is 0 Å². The molecule has 5 heteroatoms. The molecule has 0 spiro atoms. The molecule has 68 heavy (non-hydrogen) atoms. The predicted molar refractivity (Wildman–Crippen MR) is 297 cm³/mol. The summed E-state index contributed by atoms with van der Waals surface area (Å²) >= 11 is 0. The highest BCUT2D eigenvalue weighted by atomic mass is 16.6. The molecule has 5 nitrogen and oxygen atoms in total. The Morgan fingerprint density at radius 3 is 1.16 bits per heavy atom. The lowest BCUT2D eigenvalue weighted by Crippen LogP contribution is -2.30. The van der Waals surface area contributed by atoms with E-state index in [0.717, 1.165) is 83.5 Å². The van der Waals surface area contributed by atoms with E-state index in [1.165, 1.54) is 128 Å². The summed E-state index contributed by atoms with van der Waals surface area (Å²) in [5.74, 6) is -0.512.